The van der Waals surface area contributed by atoms with Crippen LogP contribution in [-0.2, 0) is 4.79 Å². The first-order valence-corrected chi connectivity index (χ1v) is 3.83. The van der Waals surface area contributed by atoms with Crippen molar-refractivity contribution in [2.24, 2.45) is 0 Å². The molecule has 0 spiro atoms. The minimum absolute atomic E-state index is 0. The van der Waals surface area contributed by atoms with Crippen molar-refractivity contribution in [2.75, 3.05) is 0 Å². The Bertz CT molecular complexity index is 81.3. The molecule has 1 nitrogen and oxygen atoms in total. The molecule has 0 heterocycles. The number of ketones is 1. The minimum Gasteiger partial charge on any atom is -0.300 e. The molecule has 0 aliphatic carbocycles. The molecule has 0 radical (unpaired) electrons. The fourth-order valence-corrected chi connectivity index (χ4v) is 0.749. The maximum atomic E-state index is 10.7. The van der Waals surface area contributed by atoms with Crippen molar-refractivity contribution >= 4 is 5.78 Å². The number of halogens is 1. The number of unbranched alkanes of at least 4 members (excludes halogenated alkanes) is 2. The average Bonchev–Trinajstić information content (AvgIpc) is 1.89. The Hall–Kier alpha value is -0.400. The summed E-state index contributed by atoms with van der Waals surface area (Å²) in [7, 11) is 0. The summed E-state index contributed by atoms with van der Waals surface area (Å²) in [5.41, 5.74) is 0. The van der Waals surface area contributed by atoms with Gasteiger partial charge in [-0.25, -0.2) is 0 Å². The Balaban J connectivity index is 0. The molecular formula is C8H17FO. The Labute approximate surface area is 62.2 Å². The molecule has 0 rings (SSSR count). The number of hydrogen-bond donors (Lipinski definition) is 0. The topological polar surface area (TPSA) is 17.1 Å². The monoisotopic (exact) mass is 148 g/mol. The standard InChI is InChI=1S/C8H16O.FH/c1-3-5-6-7-8(9)4-2;/h3-7H2,1-2H3;1H. The van der Waals surface area contributed by atoms with E-state index in [1.807, 2.05) is 6.92 Å². The lowest BCUT2D eigenvalue weighted by Gasteiger charge is -1.93. The SMILES string of the molecule is CCCCCC(=O)CC.F. The van der Waals surface area contributed by atoms with Gasteiger partial charge in [-0.05, 0) is 6.42 Å². The van der Waals surface area contributed by atoms with Gasteiger partial charge in [0.05, 0.1) is 0 Å². The van der Waals surface area contributed by atoms with E-state index >= 15 is 0 Å². The van der Waals surface area contributed by atoms with E-state index in [4.69, 9.17) is 0 Å². The van der Waals surface area contributed by atoms with Crippen LogP contribution in [0.3, 0.4) is 0 Å². The van der Waals surface area contributed by atoms with Gasteiger partial charge in [0, 0.05) is 12.8 Å². The van der Waals surface area contributed by atoms with Crippen molar-refractivity contribution in [3.05, 3.63) is 0 Å². The van der Waals surface area contributed by atoms with Gasteiger partial charge in [-0.2, -0.15) is 0 Å². The molecule has 0 aliphatic rings. The zero-order valence-corrected chi connectivity index (χ0v) is 6.85. The van der Waals surface area contributed by atoms with Gasteiger partial charge in [-0.1, -0.05) is 26.7 Å². The second kappa shape index (κ2) is 8.60. The summed E-state index contributed by atoms with van der Waals surface area (Å²) >= 11 is 0. The fourth-order valence-electron chi connectivity index (χ4n) is 0.749. The third-order valence-corrected chi connectivity index (χ3v) is 1.45. The second-order valence-corrected chi connectivity index (χ2v) is 2.35. The van der Waals surface area contributed by atoms with Gasteiger partial charge in [0.2, 0.25) is 0 Å². The quantitative estimate of drug-likeness (QED) is 0.548. The van der Waals surface area contributed by atoms with Crippen molar-refractivity contribution in [3.63, 3.8) is 0 Å². The van der Waals surface area contributed by atoms with Crippen LogP contribution in [0, 0.1) is 0 Å². The van der Waals surface area contributed by atoms with E-state index in [1.165, 1.54) is 12.8 Å². The van der Waals surface area contributed by atoms with Crippen molar-refractivity contribution in [3.8, 4) is 0 Å². The van der Waals surface area contributed by atoms with E-state index in [-0.39, 0.29) is 4.70 Å². The molecule has 62 valence electrons. The molecule has 0 saturated heterocycles. The van der Waals surface area contributed by atoms with Gasteiger partial charge in [-0.3, -0.25) is 9.50 Å². The maximum Gasteiger partial charge on any atom is 0.132 e. The van der Waals surface area contributed by atoms with Crippen LogP contribution in [0.4, 0.5) is 4.70 Å². The van der Waals surface area contributed by atoms with Crippen molar-refractivity contribution in [1.82, 2.24) is 0 Å². The van der Waals surface area contributed by atoms with Crippen molar-refractivity contribution < 1.29 is 9.50 Å². The highest BCUT2D eigenvalue weighted by atomic mass is 19.0. The van der Waals surface area contributed by atoms with Gasteiger partial charge >= 0.3 is 0 Å². The van der Waals surface area contributed by atoms with E-state index in [0.717, 1.165) is 12.8 Å². The summed E-state index contributed by atoms with van der Waals surface area (Å²) in [6, 6.07) is 0. The van der Waals surface area contributed by atoms with Crippen LogP contribution in [0.1, 0.15) is 46.0 Å². The summed E-state index contributed by atoms with van der Waals surface area (Å²) in [4.78, 5) is 10.7. The van der Waals surface area contributed by atoms with Crippen molar-refractivity contribution in [1.29, 1.82) is 0 Å². The first-order valence-electron chi connectivity index (χ1n) is 3.83. The summed E-state index contributed by atoms with van der Waals surface area (Å²) in [5, 5.41) is 0. The van der Waals surface area contributed by atoms with Crippen LogP contribution >= 0.6 is 0 Å². The van der Waals surface area contributed by atoms with Crippen LogP contribution in [0.15, 0.2) is 0 Å². The third-order valence-electron chi connectivity index (χ3n) is 1.45. The van der Waals surface area contributed by atoms with E-state index in [1.54, 1.807) is 0 Å². The molecule has 0 aromatic carbocycles. The van der Waals surface area contributed by atoms with E-state index in [0.29, 0.717) is 12.2 Å². The minimum atomic E-state index is 0. The maximum absolute atomic E-state index is 10.7. The molecule has 10 heavy (non-hydrogen) atoms. The lowest BCUT2D eigenvalue weighted by Crippen LogP contribution is -1.93. The highest BCUT2D eigenvalue weighted by molar-refractivity contribution is 5.77. The predicted molar refractivity (Wildman–Crippen MR) is 41.9 cm³/mol. The Morgan fingerprint density at radius 2 is 1.80 bits per heavy atom. The van der Waals surface area contributed by atoms with E-state index in [2.05, 4.69) is 6.92 Å². The molecule has 0 fully saturated rings. The fraction of sp³-hybridized carbons (Fsp3) is 0.875. The molecule has 0 N–H and O–H groups in total. The average molecular weight is 148 g/mol. The lowest BCUT2D eigenvalue weighted by atomic mass is 10.1. The molecule has 0 aliphatic heterocycles. The van der Waals surface area contributed by atoms with Gasteiger partial charge in [0.1, 0.15) is 5.78 Å². The van der Waals surface area contributed by atoms with E-state index < -0.39 is 0 Å². The van der Waals surface area contributed by atoms with Crippen LogP contribution in [0.5, 0.6) is 0 Å². The molecule has 0 unspecified atom stereocenters. The highest BCUT2D eigenvalue weighted by Crippen LogP contribution is 2.00. The normalized spacial score (nSPS) is 8.60. The largest absolute Gasteiger partial charge is 0.300 e. The van der Waals surface area contributed by atoms with Crippen LogP contribution in [-0.4, -0.2) is 5.78 Å². The third kappa shape index (κ3) is 7.60. The summed E-state index contributed by atoms with van der Waals surface area (Å²) in [6.07, 6.45) is 5.00. The Morgan fingerprint density at radius 1 is 1.20 bits per heavy atom. The molecule has 0 bridgehead atoms. The van der Waals surface area contributed by atoms with Crippen molar-refractivity contribution in [2.45, 2.75) is 46.0 Å². The van der Waals surface area contributed by atoms with Crippen LogP contribution < -0.4 is 0 Å². The number of Topliss-reactive ketones (excluding diaryl/α,β-unsaturated/α-hetero) is 1. The molecule has 0 aromatic rings. The summed E-state index contributed by atoms with van der Waals surface area (Å²) in [5.74, 6) is 0.406. The van der Waals surface area contributed by atoms with Gasteiger partial charge < -0.3 is 0 Å². The summed E-state index contributed by atoms with van der Waals surface area (Å²) in [6.45, 7) is 4.07. The predicted octanol–water partition coefficient (Wildman–Crippen LogP) is 2.70. The molecule has 0 amide bonds. The van der Waals surface area contributed by atoms with Crippen LogP contribution in [0.2, 0.25) is 0 Å². The van der Waals surface area contributed by atoms with E-state index in [9.17, 15) is 4.79 Å². The molecule has 0 atom stereocenters. The lowest BCUT2D eigenvalue weighted by molar-refractivity contribution is -0.118. The smallest absolute Gasteiger partial charge is 0.132 e. The summed E-state index contributed by atoms with van der Waals surface area (Å²) < 4.78 is 0. The Kier molecular flexibility index (Phi) is 10.6. The van der Waals surface area contributed by atoms with Crippen LogP contribution in [0.25, 0.3) is 0 Å². The van der Waals surface area contributed by atoms with Gasteiger partial charge in [0.25, 0.3) is 0 Å². The first kappa shape index (κ1) is 12.3. The molecule has 0 saturated carbocycles. The number of carbonyl (C=O) groups is 1. The zero-order valence-electron chi connectivity index (χ0n) is 6.85. The first-order chi connectivity index (χ1) is 4.31. The Morgan fingerprint density at radius 3 is 2.20 bits per heavy atom. The van der Waals surface area contributed by atoms with Gasteiger partial charge in [-0.15, -0.1) is 0 Å². The number of carbonyl (C=O) groups excluding carboxylic acids is 1. The number of rotatable bonds is 5. The highest BCUT2D eigenvalue weighted by Gasteiger charge is 1.95. The molecule has 0 aromatic heterocycles. The molecular weight excluding hydrogens is 131 g/mol. The van der Waals surface area contributed by atoms with Gasteiger partial charge in [0.15, 0.2) is 0 Å². The zero-order chi connectivity index (χ0) is 7.11. The molecule has 2 heteroatoms. The number of hydrogen-bond acceptors (Lipinski definition) is 1. The second-order valence-electron chi connectivity index (χ2n) is 2.35.